The molecule has 0 saturated heterocycles. The standard InChI is InChI=1S/C18H17NO3/c1-12-5-3-4-6-15(12)17(20)19-10-9-13-11-14(18(21)22-2)7-8-16(13)19/h3-8,11H,9-10H2,1-2H3. The number of fused-ring (bicyclic) bond motifs is 1. The molecule has 1 aliphatic rings. The lowest BCUT2D eigenvalue weighted by atomic mass is 10.1. The quantitative estimate of drug-likeness (QED) is 0.800. The van der Waals surface area contributed by atoms with E-state index in [0.29, 0.717) is 17.7 Å². The van der Waals surface area contributed by atoms with Gasteiger partial charge >= 0.3 is 5.97 Å². The molecule has 4 nitrogen and oxygen atoms in total. The van der Waals surface area contributed by atoms with Crippen LogP contribution in [-0.2, 0) is 11.2 Å². The number of ether oxygens (including phenoxy) is 1. The van der Waals surface area contributed by atoms with Gasteiger partial charge in [-0.25, -0.2) is 4.79 Å². The Morgan fingerprint density at radius 1 is 1.14 bits per heavy atom. The minimum atomic E-state index is -0.355. The van der Waals surface area contributed by atoms with Gasteiger partial charge in [0.2, 0.25) is 0 Å². The van der Waals surface area contributed by atoms with Gasteiger partial charge in [-0.05, 0) is 48.7 Å². The molecule has 22 heavy (non-hydrogen) atoms. The summed E-state index contributed by atoms with van der Waals surface area (Å²) in [4.78, 5) is 26.1. The van der Waals surface area contributed by atoms with Gasteiger partial charge in [0.1, 0.15) is 0 Å². The predicted molar refractivity (Wildman–Crippen MR) is 84.3 cm³/mol. The minimum absolute atomic E-state index is 0.00247. The van der Waals surface area contributed by atoms with Crippen molar-refractivity contribution in [2.45, 2.75) is 13.3 Å². The fraction of sp³-hybridized carbons (Fsp3) is 0.222. The van der Waals surface area contributed by atoms with Gasteiger partial charge in [0.15, 0.2) is 0 Å². The lowest BCUT2D eigenvalue weighted by Crippen LogP contribution is -2.29. The topological polar surface area (TPSA) is 46.6 Å². The summed E-state index contributed by atoms with van der Waals surface area (Å²) in [5.74, 6) is -0.353. The number of anilines is 1. The Balaban J connectivity index is 1.93. The Kier molecular flexibility index (Phi) is 3.67. The number of nitrogens with zero attached hydrogens (tertiary/aromatic N) is 1. The fourth-order valence-corrected chi connectivity index (χ4v) is 2.82. The fourth-order valence-electron chi connectivity index (χ4n) is 2.82. The monoisotopic (exact) mass is 295 g/mol. The van der Waals surface area contributed by atoms with Gasteiger partial charge in [-0.1, -0.05) is 18.2 Å². The van der Waals surface area contributed by atoms with E-state index in [2.05, 4.69) is 0 Å². The third-order valence-electron chi connectivity index (χ3n) is 4.02. The molecular weight excluding hydrogens is 278 g/mol. The van der Waals surface area contributed by atoms with Gasteiger partial charge in [0, 0.05) is 17.8 Å². The second-order valence-electron chi connectivity index (χ2n) is 5.36. The second kappa shape index (κ2) is 5.64. The predicted octanol–water partition coefficient (Wildman–Crippen LogP) is 2.98. The summed E-state index contributed by atoms with van der Waals surface area (Å²) >= 11 is 0. The van der Waals surface area contributed by atoms with Crippen molar-refractivity contribution < 1.29 is 14.3 Å². The van der Waals surface area contributed by atoms with Crippen LogP contribution in [0.4, 0.5) is 5.69 Å². The van der Waals surface area contributed by atoms with Gasteiger partial charge in [-0.2, -0.15) is 0 Å². The molecular formula is C18H17NO3. The average molecular weight is 295 g/mol. The van der Waals surface area contributed by atoms with Crippen molar-refractivity contribution in [3.05, 3.63) is 64.7 Å². The molecule has 2 aromatic rings. The number of hydrogen-bond acceptors (Lipinski definition) is 3. The van der Waals surface area contributed by atoms with Gasteiger partial charge in [0.05, 0.1) is 12.7 Å². The zero-order chi connectivity index (χ0) is 15.7. The second-order valence-corrected chi connectivity index (χ2v) is 5.36. The number of methoxy groups -OCH3 is 1. The molecule has 0 N–H and O–H groups in total. The third kappa shape index (κ3) is 2.37. The van der Waals surface area contributed by atoms with Crippen LogP contribution in [0.5, 0.6) is 0 Å². The smallest absolute Gasteiger partial charge is 0.337 e. The average Bonchev–Trinajstić information content (AvgIpc) is 2.97. The molecule has 2 aromatic carbocycles. The molecule has 1 heterocycles. The summed E-state index contributed by atoms with van der Waals surface area (Å²) in [6.45, 7) is 2.57. The summed E-state index contributed by atoms with van der Waals surface area (Å²) < 4.78 is 4.74. The Morgan fingerprint density at radius 2 is 1.91 bits per heavy atom. The van der Waals surface area contributed by atoms with E-state index in [0.717, 1.165) is 23.2 Å². The molecule has 0 unspecified atom stereocenters. The molecule has 0 spiro atoms. The first-order valence-electron chi connectivity index (χ1n) is 7.20. The van der Waals surface area contributed by atoms with E-state index in [1.807, 2.05) is 43.3 Å². The number of amides is 1. The van der Waals surface area contributed by atoms with Crippen LogP contribution in [0.25, 0.3) is 0 Å². The van der Waals surface area contributed by atoms with Crippen LogP contribution in [-0.4, -0.2) is 25.5 Å². The molecule has 112 valence electrons. The highest BCUT2D eigenvalue weighted by molar-refractivity contribution is 6.08. The molecule has 0 aliphatic carbocycles. The Morgan fingerprint density at radius 3 is 2.64 bits per heavy atom. The molecule has 0 radical (unpaired) electrons. The summed E-state index contributed by atoms with van der Waals surface area (Å²) in [5, 5.41) is 0. The number of rotatable bonds is 2. The van der Waals surface area contributed by atoms with E-state index >= 15 is 0 Å². The minimum Gasteiger partial charge on any atom is -0.465 e. The highest BCUT2D eigenvalue weighted by Crippen LogP contribution is 2.30. The normalized spacial score (nSPS) is 12.9. The number of benzene rings is 2. The van der Waals surface area contributed by atoms with Crippen molar-refractivity contribution in [2.75, 3.05) is 18.6 Å². The number of carbonyl (C=O) groups is 2. The van der Waals surface area contributed by atoms with Crippen LogP contribution in [0, 0.1) is 6.92 Å². The molecule has 0 aromatic heterocycles. The van der Waals surface area contributed by atoms with Crippen molar-refractivity contribution in [3.8, 4) is 0 Å². The summed E-state index contributed by atoms with van der Waals surface area (Å²) in [6.07, 6.45) is 0.748. The number of aryl methyl sites for hydroxylation is 1. The van der Waals surface area contributed by atoms with Crippen molar-refractivity contribution in [1.82, 2.24) is 0 Å². The van der Waals surface area contributed by atoms with Crippen molar-refractivity contribution in [3.63, 3.8) is 0 Å². The van der Waals surface area contributed by atoms with Crippen LogP contribution >= 0.6 is 0 Å². The molecule has 0 saturated carbocycles. The third-order valence-corrected chi connectivity index (χ3v) is 4.02. The molecule has 0 fully saturated rings. The van der Waals surface area contributed by atoms with Gasteiger partial charge < -0.3 is 9.64 Å². The van der Waals surface area contributed by atoms with E-state index in [-0.39, 0.29) is 11.9 Å². The van der Waals surface area contributed by atoms with Crippen molar-refractivity contribution in [1.29, 1.82) is 0 Å². The highest BCUT2D eigenvalue weighted by Gasteiger charge is 2.27. The number of esters is 1. The molecule has 1 aliphatic heterocycles. The van der Waals surface area contributed by atoms with Crippen LogP contribution in [0.15, 0.2) is 42.5 Å². The van der Waals surface area contributed by atoms with E-state index < -0.39 is 0 Å². The molecule has 0 atom stereocenters. The maximum absolute atomic E-state index is 12.7. The lowest BCUT2D eigenvalue weighted by Gasteiger charge is -2.18. The summed E-state index contributed by atoms with van der Waals surface area (Å²) in [7, 11) is 1.36. The largest absolute Gasteiger partial charge is 0.465 e. The highest BCUT2D eigenvalue weighted by atomic mass is 16.5. The van der Waals surface area contributed by atoms with E-state index in [9.17, 15) is 9.59 Å². The lowest BCUT2D eigenvalue weighted by molar-refractivity contribution is 0.0600. The van der Waals surface area contributed by atoms with Crippen LogP contribution in [0.3, 0.4) is 0 Å². The van der Waals surface area contributed by atoms with E-state index in [4.69, 9.17) is 4.74 Å². The van der Waals surface area contributed by atoms with Crippen molar-refractivity contribution >= 4 is 17.6 Å². The maximum atomic E-state index is 12.7. The van der Waals surface area contributed by atoms with Crippen molar-refractivity contribution in [2.24, 2.45) is 0 Å². The van der Waals surface area contributed by atoms with Gasteiger partial charge in [-0.15, -0.1) is 0 Å². The van der Waals surface area contributed by atoms with Crippen LogP contribution in [0.1, 0.15) is 31.8 Å². The first kappa shape index (κ1) is 14.3. The Hall–Kier alpha value is -2.62. The maximum Gasteiger partial charge on any atom is 0.337 e. The van der Waals surface area contributed by atoms with E-state index in [1.165, 1.54) is 7.11 Å². The Labute approximate surface area is 129 Å². The summed E-state index contributed by atoms with van der Waals surface area (Å²) in [5.41, 5.74) is 4.08. The molecule has 3 rings (SSSR count). The van der Waals surface area contributed by atoms with Gasteiger partial charge in [-0.3, -0.25) is 4.79 Å². The first-order valence-corrected chi connectivity index (χ1v) is 7.20. The first-order chi connectivity index (χ1) is 10.6. The SMILES string of the molecule is COC(=O)c1ccc2c(c1)CCN2C(=O)c1ccccc1C. The Bertz CT molecular complexity index is 752. The number of hydrogen-bond donors (Lipinski definition) is 0. The molecule has 0 bridgehead atoms. The zero-order valence-corrected chi connectivity index (χ0v) is 12.6. The number of carbonyl (C=O) groups excluding carboxylic acids is 2. The van der Waals surface area contributed by atoms with Crippen LogP contribution < -0.4 is 4.90 Å². The molecule has 1 amide bonds. The van der Waals surface area contributed by atoms with Gasteiger partial charge in [0.25, 0.3) is 5.91 Å². The van der Waals surface area contributed by atoms with E-state index in [1.54, 1.807) is 11.0 Å². The summed E-state index contributed by atoms with van der Waals surface area (Å²) in [6, 6.07) is 12.9. The molecule has 4 heteroatoms. The zero-order valence-electron chi connectivity index (χ0n) is 12.6. The van der Waals surface area contributed by atoms with Crippen LogP contribution in [0.2, 0.25) is 0 Å².